The molecular weight excluding hydrogens is 366 g/mol. The summed E-state index contributed by atoms with van der Waals surface area (Å²) in [6.45, 7) is 4.62. The SMILES string of the molecule is Cc1c(C)[n+](C)c(N=Nc2ccc(N(C)C)cc2)n1CCCCS(=O)(=O)O. The number of aromatic nitrogens is 2. The summed E-state index contributed by atoms with van der Waals surface area (Å²) in [5.74, 6) is 0.474. The first-order valence-corrected chi connectivity index (χ1v) is 10.4. The van der Waals surface area contributed by atoms with Crippen LogP contribution in [-0.2, 0) is 23.7 Å². The zero-order chi connectivity index (χ0) is 20.2. The van der Waals surface area contributed by atoms with Gasteiger partial charge in [-0.25, -0.2) is 9.13 Å². The third-order valence-electron chi connectivity index (χ3n) is 4.63. The minimum Gasteiger partial charge on any atom is -0.378 e. The van der Waals surface area contributed by atoms with E-state index in [9.17, 15) is 8.42 Å². The van der Waals surface area contributed by atoms with Crippen LogP contribution < -0.4 is 9.47 Å². The maximum absolute atomic E-state index is 10.9. The van der Waals surface area contributed by atoms with Gasteiger partial charge >= 0.3 is 5.95 Å². The highest BCUT2D eigenvalue weighted by Gasteiger charge is 2.22. The van der Waals surface area contributed by atoms with E-state index in [2.05, 4.69) is 10.2 Å². The molecule has 0 aliphatic carbocycles. The van der Waals surface area contributed by atoms with Crippen LogP contribution in [0.1, 0.15) is 24.2 Å². The van der Waals surface area contributed by atoms with Gasteiger partial charge in [-0.2, -0.15) is 8.42 Å². The smallest absolute Gasteiger partial charge is 0.378 e. The molecule has 0 unspecified atom stereocenters. The van der Waals surface area contributed by atoms with Crippen LogP contribution >= 0.6 is 0 Å². The van der Waals surface area contributed by atoms with Crippen molar-refractivity contribution >= 4 is 27.4 Å². The molecule has 27 heavy (non-hydrogen) atoms. The van der Waals surface area contributed by atoms with Gasteiger partial charge in [-0.1, -0.05) is 5.11 Å². The first-order chi connectivity index (χ1) is 12.6. The molecular formula is C18H28N5O3S+. The highest BCUT2D eigenvalue weighted by Crippen LogP contribution is 2.22. The van der Waals surface area contributed by atoms with Gasteiger partial charge in [0.05, 0.1) is 19.3 Å². The monoisotopic (exact) mass is 394 g/mol. The fraction of sp³-hybridized carbons (Fsp3) is 0.500. The summed E-state index contributed by atoms with van der Waals surface area (Å²) < 4.78 is 34.6. The van der Waals surface area contributed by atoms with Crippen molar-refractivity contribution in [1.82, 2.24) is 4.57 Å². The second kappa shape index (κ2) is 8.62. The van der Waals surface area contributed by atoms with Crippen LogP contribution in [0.4, 0.5) is 17.3 Å². The van der Waals surface area contributed by atoms with E-state index in [-0.39, 0.29) is 5.75 Å². The Labute approximate surface area is 160 Å². The van der Waals surface area contributed by atoms with E-state index in [0.717, 1.165) is 22.8 Å². The third kappa shape index (κ3) is 5.61. The summed E-state index contributed by atoms with van der Waals surface area (Å²) in [5.41, 5.74) is 3.98. The standard InChI is InChI=1S/C18H27N5O3S/c1-14-15(2)23(12-6-7-13-27(24,25)26)18(22(14)5)20-19-16-8-10-17(11-9-16)21(3)4/h8-11H,6-7,12-13H2,1-5H3/p+1. The molecule has 1 aromatic heterocycles. The van der Waals surface area contributed by atoms with Crippen molar-refractivity contribution in [2.45, 2.75) is 33.2 Å². The van der Waals surface area contributed by atoms with Gasteiger partial charge in [0.1, 0.15) is 17.1 Å². The molecule has 1 N–H and O–H groups in total. The Morgan fingerprint density at radius 1 is 1.11 bits per heavy atom. The maximum atomic E-state index is 10.9. The molecule has 2 aromatic rings. The number of benzene rings is 1. The average molecular weight is 395 g/mol. The molecule has 0 aliphatic heterocycles. The Kier molecular flexibility index (Phi) is 6.72. The van der Waals surface area contributed by atoms with Crippen molar-refractivity contribution in [2.75, 3.05) is 24.7 Å². The summed E-state index contributed by atoms with van der Waals surface area (Å²) in [4.78, 5) is 2.02. The van der Waals surface area contributed by atoms with Crippen LogP contribution in [0.3, 0.4) is 0 Å². The third-order valence-corrected chi connectivity index (χ3v) is 5.43. The predicted octanol–water partition coefficient (Wildman–Crippen LogP) is 3.08. The number of rotatable bonds is 8. The fourth-order valence-corrected chi connectivity index (χ4v) is 3.35. The largest absolute Gasteiger partial charge is 0.421 e. The molecule has 0 saturated heterocycles. The molecule has 148 valence electrons. The molecule has 1 aromatic carbocycles. The van der Waals surface area contributed by atoms with E-state index in [1.165, 1.54) is 0 Å². The zero-order valence-corrected chi connectivity index (χ0v) is 17.4. The van der Waals surface area contributed by atoms with Gasteiger partial charge in [-0.3, -0.25) is 4.55 Å². The first kappa shape index (κ1) is 21.0. The lowest BCUT2D eigenvalue weighted by Crippen LogP contribution is -2.29. The lowest BCUT2D eigenvalue weighted by molar-refractivity contribution is -0.664. The molecule has 0 bridgehead atoms. The molecule has 9 heteroatoms. The van der Waals surface area contributed by atoms with Crippen molar-refractivity contribution in [3.63, 3.8) is 0 Å². The number of hydrogen-bond donors (Lipinski definition) is 1. The van der Waals surface area contributed by atoms with Crippen molar-refractivity contribution in [3.8, 4) is 0 Å². The minimum absolute atomic E-state index is 0.229. The van der Waals surface area contributed by atoms with Crippen LogP contribution in [0, 0.1) is 13.8 Å². The molecule has 0 radical (unpaired) electrons. The number of anilines is 1. The number of azo groups is 1. The Morgan fingerprint density at radius 2 is 1.74 bits per heavy atom. The van der Waals surface area contributed by atoms with Crippen LogP contribution in [0.2, 0.25) is 0 Å². The summed E-state index contributed by atoms with van der Waals surface area (Å²) in [5, 5.41) is 8.78. The Bertz CT molecular complexity index is 915. The van der Waals surface area contributed by atoms with Crippen molar-refractivity contribution < 1.29 is 17.5 Å². The first-order valence-electron chi connectivity index (χ1n) is 8.80. The fourth-order valence-electron chi connectivity index (χ4n) is 2.78. The van der Waals surface area contributed by atoms with Crippen LogP contribution in [-0.4, -0.2) is 37.4 Å². The van der Waals surface area contributed by atoms with Gasteiger partial charge in [0.2, 0.25) is 0 Å². The minimum atomic E-state index is -3.92. The van der Waals surface area contributed by atoms with Crippen molar-refractivity contribution in [3.05, 3.63) is 35.7 Å². The van der Waals surface area contributed by atoms with E-state index in [1.54, 1.807) is 0 Å². The number of nitrogens with zero attached hydrogens (tertiary/aromatic N) is 5. The van der Waals surface area contributed by atoms with Gasteiger partial charge in [0.25, 0.3) is 10.1 Å². The normalized spacial score (nSPS) is 12.1. The second-order valence-corrected chi connectivity index (χ2v) is 8.36. The van der Waals surface area contributed by atoms with Crippen LogP contribution in [0.15, 0.2) is 34.5 Å². The zero-order valence-electron chi connectivity index (χ0n) is 16.5. The van der Waals surface area contributed by atoms with E-state index in [4.69, 9.17) is 4.55 Å². The molecule has 0 atom stereocenters. The van der Waals surface area contributed by atoms with E-state index in [1.807, 2.05) is 73.3 Å². The number of unbranched alkanes of at least 4 members (excludes halogenated alkanes) is 1. The van der Waals surface area contributed by atoms with Gasteiger partial charge in [-0.05, 0) is 51.0 Å². The lowest BCUT2D eigenvalue weighted by atomic mass is 10.3. The van der Waals surface area contributed by atoms with E-state index in [0.29, 0.717) is 25.3 Å². The van der Waals surface area contributed by atoms with E-state index < -0.39 is 10.1 Å². The summed E-state index contributed by atoms with van der Waals surface area (Å²) >= 11 is 0. The van der Waals surface area contributed by atoms with Crippen LogP contribution in [0.5, 0.6) is 0 Å². The molecule has 1 heterocycles. The predicted molar refractivity (Wildman–Crippen MR) is 106 cm³/mol. The average Bonchev–Trinajstić information content (AvgIpc) is 2.80. The second-order valence-electron chi connectivity index (χ2n) is 6.79. The summed E-state index contributed by atoms with van der Waals surface area (Å²) in [7, 11) is 1.98. The molecule has 0 spiro atoms. The van der Waals surface area contributed by atoms with Gasteiger partial charge in [0, 0.05) is 24.9 Å². The summed E-state index contributed by atoms with van der Waals surface area (Å²) in [6, 6.07) is 7.80. The van der Waals surface area contributed by atoms with Gasteiger partial charge in [-0.15, -0.1) is 0 Å². The number of hydrogen-bond acceptors (Lipinski definition) is 5. The molecule has 0 amide bonds. The van der Waals surface area contributed by atoms with Gasteiger partial charge < -0.3 is 4.90 Å². The highest BCUT2D eigenvalue weighted by molar-refractivity contribution is 7.85. The van der Waals surface area contributed by atoms with Crippen molar-refractivity contribution in [1.29, 1.82) is 0 Å². The molecule has 0 fully saturated rings. The van der Waals surface area contributed by atoms with Crippen molar-refractivity contribution in [2.24, 2.45) is 17.3 Å². The Hall–Kier alpha value is -2.26. The van der Waals surface area contributed by atoms with Gasteiger partial charge in [0.15, 0.2) is 0 Å². The maximum Gasteiger partial charge on any atom is 0.421 e. The number of imidazole rings is 1. The molecule has 0 saturated carbocycles. The Balaban J connectivity index is 2.19. The summed E-state index contributed by atoms with van der Waals surface area (Å²) in [6.07, 6.45) is 1.01. The molecule has 8 nitrogen and oxygen atoms in total. The Morgan fingerprint density at radius 3 is 2.30 bits per heavy atom. The molecule has 2 rings (SSSR count). The highest BCUT2D eigenvalue weighted by atomic mass is 32.2. The van der Waals surface area contributed by atoms with Crippen LogP contribution in [0.25, 0.3) is 0 Å². The topological polar surface area (TPSA) is 91.1 Å². The van der Waals surface area contributed by atoms with E-state index >= 15 is 0 Å². The lowest BCUT2D eigenvalue weighted by Gasteiger charge is -2.11. The molecule has 0 aliphatic rings. The quantitative estimate of drug-likeness (QED) is 0.322.